The quantitative estimate of drug-likeness (QED) is 0.824. The lowest BCUT2D eigenvalue weighted by atomic mass is 10.3. The van der Waals surface area contributed by atoms with Gasteiger partial charge in [0, 0.05) is 6.07 Å². The van der Waals surface area contributed by atoms with E-state index in [0.717, 1.165) is 18.2 Å². The van der Waals surface area contributed by atoms with E-state index in [4.69, 9.17) is 10.3 Å². The molecule has 0 saturated carbocycles. The van der Waals surface area contributed by atoms with E-state index in [1.54, 1.807) is 6.92 Å². The number of benzene rings is 1. The van der Waals surface area contributed by atoms with Gasteiger partial charge in [0.2, 0.25) is 5.88 Å². The van der Waals surface area contributed by atoms with Gasteiger partial charge >= 0.3 is 0 Å². The van der Waals surface area contributed by atoms with Gasteiger partial charge in [-0.3, -0.25) is 0 Å². The average Bonchev–Trinajstić information content (AvgIpc) is 2.67. The fourth-order valence-electron chi connectivity index (χ4n) is 1.29. The van der Waals surface area contributed by atoms with Crippen LogP contribution >= 0.6 is 0 Å². The number of nitrogens with zero attached hydrogens (tertiary/aromatic N) is 1. The molecule has 2 rings (SSSR count). The highest BCUT2D eigenvalue weighted by Crippen LogP contribution is 2.20. The maximum atomic E-state index is 12.9. The molecule has 0 spiro atoms. The van der Waals surface area contributed by atoms with Crippen LogP contribution in [0.5, 0.6) is 0 Å². The Morgan fingerprint density at radius 2 is 2.11 bits per heavy atom. The van der Waals surface area contributed by atoms with Crippen LogP contribution in [0.3, 0.4) is 0 Å². The minimum Gasteiger partial charge on any atom is -0.396 e. The van der Waals surface area contributed by atoms with Crippen molar-refractivity contribution >= 4 is 21.6 Å². The van der Waals surface area contributed by atoms with Crippen molar-refractivity contribution in [3.8, 4) is 0 Å². The predicted octanol–water partition coefficient (Wildman–Crippen LogP) is 1.51. The molecule has 0 aliphatic carbocycles. The Hall–Kier alpha value is -2.09. The van der Waals surface area contributed by atoms with E-state index in [1.807, 2.05) is 0 Å². The number of aryl methyl sites for hydroxylation is 1. The van der Waals surface area contributed by atoms with Crippen LogP contribution in [-0.2, 0) is 10.0 Å². The number of halogens is 1. The number of hydrogen-bond acceptors (Lipinski definition) is 5. The zero-order valence-corrected chi connectivity index (χ0v) is 10.2. The summed E-state index contributed by atoms with van der Waals surface area (Å²) in [6.07, 6.45) is 0. The summed E-state index contributed by atoms with van der Waals surface area (Å²) in [5.74, 6) is -0.695. The first-order valence-corrected chi connectivity index (χ1v) is 6.38. The predicted molar refractivity (Wildman–Crippen MR) is 62.9 cm³/mol. The summed E-state index contributed by atoms with van der Waals surface area (Å²) in [4.78, 5) is -0.157. The Kier molecular flexibility index (Phi) is 2.95. The van der Waals surface area contributed by atoms with Crippen molar-refractivity contribution in [2.24, 2.45) is 0 Å². The second-order valence-corrected chi connectivity index (χ2v) is 5.30. The van der Waals surface area contributed by atoms with Crippen LogP contribution in [0.2, 0.25) is 0 Å². The fraction of sp³-hybridized carbons (Fsp3) is 0.100. The van der Waals surface area contributed by atoms with Gasteiger partial charge < -0.3 is 10.3 Å². The molecule has 1 aromatic carbocycles. The number of rotatable bonds is 3. The van der Waals surface area contributed by atoms with Crippen molar-refractivity contribution in [2.75, 3.05) is 10.5 Å². The number of nitrogens with one attached hydrogen (secondary N) is 1. The van der Waals surface area contributed by atoms with Crippen LogP contribution in [0, 0.1) is 12.7 Å². The van der Waals surface area contributed by atoms with Gasteiger partial charge in [0.1, 0.15) is 5.82 Å². The molecule has 18 heavy (non-hydrogen) atoms. The summed E-state index contributed by atoms with van der Waals surface area (Å²) in [6.45, 7) is 1.65. The summed E-state index contributed by atoms with van der Waals surface area (Å²) in [6, 6.07) is 4.54. The number of aromatic nitrogens is 1. The van der Waals surface area contributed by atoms with Crippen molar-refractivity contribution in [3.05, 3.63) is 35.8 Å². The van der Waals surface area contributed by atoms with Gasteiger partial charge in [0.25, 0.3) is 10.0 Å². The molecule has 0 saturated heterocycles. The van der Waals surface area contributed by atoms with Gasteiger partial charge in [-0.25, -0.2) is 17.5 Å². The zero-order valence-electron chi connectivity index (χ0n) is 9.34. The summed E-state index contributed by atoms with van der Waals surface area (Å²) in [7, 11) is -3.87. The van der Waals surface area contributed by atoms with E-state index in [2.05, 4.69) is 9.88 Å². The number of nitrogen functional groups attached to an aromatic ring is 1. The highest BCUT2D eigenvalue weighted by molar-refractivity contribution is 7.92. The smallest absolute Gasteiger partial charge is 0.264 e. The highest BCUT2D eigenvalue weighted by atomic mass is 32.2. The monoisotopic (exact) mass is 271 g/mol. The summed E-state index contributed by atoms with van der Waals surface area (Å²) in [5.41, 5.74) is 5.60. The van der Waals surface area contributed by atoms with Gasteiger partial charge in [-0.15, -0.1) is 0 Å². The van der Waals surface area contributed by atoms with Gasteiger partial charge in [-0.2, -0.15) is 0 Å². The first kappa shape index (κ1) is 12.4. The van der Waals surface area contributed by atoms with Crippen molar-refractivity contribution in [3.63, 3.8) is 0 Å². The SMILES string of the molecule is Cc1cc(NS(=O)(=O)c2ccc(F)c(N)c2)on1. The maximum absolute atomic E-state index is 12.9. The normalized spacial score (nSPS) is 11.4. The van der Waals surface area contributed by atoms with E-state index in [1.165, 1.54) is 6.07 Å². The molecule has 0 fully saturated rings. The van der Waals surface area contributed by atoms with E-state index in [0.29, 0.717) is 5.69 Å². The standard InChI is InChI=1S/C10H10FN3O3S/c1-6-4-10(17-13-6)14-18(15,16)7-2-3-8(11)9(12)5-7/h2-5,14H,12H2,1H3. The fourth-order valence-corrected chi connectivity index (χ4v) is 2.30. The molecular weight excluding hydrogens is 261 g/mol. The first-order valence-electron chi connectivity index (χ1n) is 4.89. The first-order chi connectivity index (χ1) is 8.38. The summed E-state index contributed by atoms with van der Waals surface area (Å²) >= 11 is 0. The Balaban J connectivity index is 2.33. The minimum absolute atomic E-state index is 0.0182. The van der Waals surface area contributed by atoms with Gasteiger partial charge in [-0.05, 0) is 25.1 Å². The lowest BCUT2D eigenvalue weighted by molar-refractivity contribution is 0.430. The highest BCUT2D eigenvalue weighted by Gasteiger charge is 2.17. The van der Waals surface area contributed by atoms with E-state index in [-0.39, 0.29) is 16.5 Å². The van der Waals surface area contributed by atoms with Crippen molar-refractivity contribution < 1.29 is 17.3 Å². The van der Waals surface area contributed by atoms with Gasteiger partial charge in [0.05, 0.1) is 16.3 Å². The Morgan fingerprint density at radius 1 is 1.39 bits per heavy atom. The van der Waals surface area contributed by atoms with Gasteiger partial charge in [0.15, 0.2) is 0 Å². The number of sulfonamides is 1. The molecule has 6 nitrogen and oxygen atoms in total. The number of nitrogens with two attached hydrogens (primary N) is 1. The van der Waals surface area contributed by atoms with Crippen molar-refractivity contribution in [2.45, 2.75) is 11.8 Å². The van der Waals surface area contributed by atoms with E-state index < -0.39 is 15.8 Å². The van der Waals surface area contributed by atoms with Crippen molar-refractivity contribution in [1.29, 1.82) is 0 Å². The average molecular weight is 271 g/mol. The Labute approximate surface area is 103 Å². The van der Waals surface area contributed by atoms with Crippen molar-refractivity contribution in [1.82, 2.24) is 5.16 Å². The third-order valence-electron chi connectivity index (χ3n) is 2.14. The van der Waals surface area contributed by atoms with Gasteiger partial charge in [-0.1, -0.05) is 5.16 Å². The third kappa shape index (κ3) is 2.43. The van der Waals surface area contributed by atoms with Crippen LogP contribution < -0.4 is 10.5 Å². The summed E-state index contributed by atoms with van der Waals surface area (Å²) < 4.78 is 43.6. The lowest BCUT2D eigenvalue weighted by Crippen LogP contribution is -2.13. The molecule has 3 N–H and O–H groups in total. The molecule has 1 heterocycles. The minimum atomic E-state index is -3.87. The van der Waals surface area contributed by atoms with E-state index in [9.17, 15) is 12.8 Å². The molecule has 0 aliphatic heterocycles. The molecule has 2 aromatic rings. The molecule has 0 unspecified atom stereocenters. The van der Waals surface area contributed by atoms with Crippen LogP contribution in [0.15, 0.2) is 33.7 Å². The van der Waals surface area contributed by atoms with Crippen LogP contribution in [0.1, 0.15) is 5.69 Å². The Bertz CT molecular complexity index is 681. The molecule has 0 atom stereocenters. The molecular formula is C10H10FN3O3S. The molecule has 1 aromatic heterocycles. The zero-order chi connectivity index (χ0) is 13.3. The molecule has 8 heteroatoms. The molecule has 0 amide bonds. The molecule has 96 valence electrons. The summed E-state index contributed by atoms with van der Waals surface area (Å²) in [5, 5.41) is 3.54. The molecule has 0 bridgehead atoms. The second-order valence-electron chi connectivity index (χ2n) is 3.62. The van der Waals surface area contributed by atoms with Crippen LogP contribution in [-0.4, -0.2) is 13.6 Å². The van der Waals surface area contributed by atoms with E-state index >= 15 is 0 Å². The maximum Gasteiger partial charge on any atom is 0.264 e. The molecule has 0 radical (unpaired) electrons. The second kappa shape index (κ2) is 4.30. The number of hydrogen-bond donors (Lipinski definition) is 2. The van der Waals surface area contributed by atoms with Crippen LogP contribution in [0.25, 0.3) is 0 Å². The third-order valence-corrected chi connectivity index (χ3v) is 3.49. The largest absolute Gasteiger partial charge is 0.396 e. The lowest BCUT2D eigenvalue weighted by Gasteiger charge is -2.05. The number of anilines is 2. The topological polar surface area (TPSA) is 98.2 Å². The van der Waals surface area contributed by atoms with Crippen LogP contribution in [0.4, 0.5) is 16.0 Å². The molecule has 0 aliphatic rings. The Morgan fingerprint density at radius 3 is 2.67 bits per heavy atom.